The maximum atomic E-state index is 11.9. The molecule has 1 unspecified atom stereocenters. The van der Waals surface area contributed by atoms with Gasteiger partial charge < -0.3 is 10.2 Å². The molecule has 0 aromatic heterocycles. The Hall–Kier alpha value is -1.68. The lowest BCUT2D eigenvalue weighted by Gasteiger charge is -2.20. The third-order valence-corrected chi connectivity index (χ3v) is 3.44. The Morgan fingerprint density at radius 1 is 1.29 bits per heavy atom. The number of ketones is 1. The average molecular weight is 230 g/mol. The molecule has 0 bridgehead atoms. The van der Waals surface area contributed by atoms with Crippen molar-refractivity contribution in [3.8, 4) is 0 Å². The summed E-state index contributed by atoms with van der Waals surface area (Å²) in [4.78, 5) is 25.3. The molecule has 0 saturated carbocycles. The quantitative estimate of drug-likeness (QED) is 0.770. The van der Waals surface area contributed by atoms with Crippen molar-refractivity contribution >= 4 is 17.4 Å². The molecular formula is C13H14N2O2. The van der Waals surface area contributed by atoms with Gasteiger partial charge in [-0.25, -0.2) is 0 Å². The Morgan fingerprint density at radius 2 is 2.12 bits per heavy atom. The van der Waals surface area contributed by atoms with E-state index in [1.165, 1.54) is 0 Å². The van der Waals surface area contributed by atoms with Crippen molar-refractivity contribution in [1.82, 2.24) is 5.32 Å². The highest BCUT2D eigenvalue weighted by Gasteiger charge is 2.36. The van der Waals surface area contributed by atoms with Crippen molar-refractivity contribution < 1.29 is 9.59 Å². The van der Waals surface area contributed by atoms with E-state index in [4.69, 9.17) is 0 Å². The number of fused-ring (bicyclic) bond motifs is 1. The third-order valence-electron chi connectivity index (χ3n) is 3.44. The topological polar surface area (TPSA) is 49.4 Å². The molecule has 1 amide bonds. The van der Waals surface area contributed by atoms with Crippen LogP contribution < -0.4 is 10.2 Å². The zero-order valence-electron chi connectivity index (χ0n) is 9.48. The summed E-state index contributed by atoms with van der Waals surface area (Å²) in [6.07, 6.45) is 2.21. The first kappa shape index (κ1) is 10.5. The van der Waals surface area contributed by atoms with Gasteiger partial charge in [0.15, 0.2) is 0 Å². The molecule has 1 aromatic carbocycles. The van der Waals surface area contributed by atoms with Crippen molar-refractivity contribution in [1.29, 1.82) is 0 Å². The Balaban J connectivity index is 1.89. The Bertz CT molecular complexity index is 478. The molecule has 1 aromatic rings. The van der Waals surface area contributed by atoms with Crippen LogP contribution >= 0.6 is 0 Å². The van der Waals surface area contributed by atoms with E-state index in [0.29, 0.717) is 18.2 Å². The number of benzene rings is 1. The van der Waals surface area contributed by atoms with Gasteiger partial charge >= 0.3 is 0 Å². The molecule has 1 atom stereocenters. The van der Waals surface area contributed by atoms with Crippen LogP contribution in [0.5, 0.6) is 0 Å². The average Bonchev–Trinajstić information content (AvgIpc) is 2.94. The van der Waals surface area contributed by atoms with Crippen LogP contribution in [0.2, 0.25) is 0 Å². The molecule has 0 aliphatic carbocycles. The summed E-state index contributed by atoms with van der Waals surface area (Å²) in [7, 11) is 0. The molecule has 4 heteroatoms. The van der Waals surface area contributed by atoms with Crippen molar-refractivity contribution in [2.45, 2.75) is 18.9 Å². The van der Waals surface area contributed by atoms with Crippen LogP contribution in [0.25, 0.3) is 0 Å². The van der Waals surface area contributed by atoms with E-state index in [-0.39, 0.29) is 11.7 Å². The maximum Gasteiger partial charge on any atom is 0.299 e. The predicted octanol–water partition coefficient (Wildman–Crippen LogP) is 0.968. The zero-order valence-corrected chi connectivity index (χ0v) is 9.48. The van der Waals surface area contributed by atoms with Crippen molar-refractivity contribution in [3.05, 3.63) is 29.8 Å². The third kappa shape index (κ3) is 1.65. The largest absolute Gasteiger partial charge is 0.312 e. The van der Waals surface area contributed by atoms with E-state index < -0.39 is 0 Å². The molecule has 88 valence electrons. The van der Waals surface area contributed by atoms with E-state index in [9.17, 15) is 9.59 Å². The first-order valence-electron chi connectivity index (χ1n) is 5.96. The SMILES string of the molecule is O=C1C(=O)N(CC2CCCN2)c2ccccc21. The number of hydrogen-bond donors (Lipinski definition) is 1. The van der Waals surface area contributed by atoms with E-state index in [0.717, 1.165) is 25.1 Å². The van der Waals surface area contributed by atoms with E-state index in [1.807, 2.05) is 12.1 Å². The molecule has 2 aliphatic heterocycles. The van der Waals surface area contributed by atoms with Gasteiger partial charge in [0.05, 0.1) is 11.3 Å². The first-order valence-corrected chi connectivity index (χ1v) is 5.96. The van der Waals surface area contributed by atoms with Gasteiger partial charge in [-0.2, -0.15) is 0 Å². The summed E-state index contributed by atoms with van der Waals surface area (Å²) >= 11 is 0. The normalized spacial score (nSPS) is 23.3. The highest BCUT2D eigenvalue weighted by Crippen LogP contribution is 2.29. The zero-order chi connectivity index (χ0) is 11.8. The highest BCUT2D eigenvalue weighted by atomic mass is 16.2. The minimum absolute atomic E-state index is 0.318. The number of carbonyl (C=O) groups excluding carboxylic acids is 2. The summed E-state index contributed by atoms with van der Waals surface area (Å²) in [5, 5.41) is 3.34. The van der Waals surface area contributed by atoms with Crippen molar-refractivity contribution in [2.24, 2.45) is 0 Å². The van der Waals surface area contributed by atoms with Gasteiger partial charge in [0, 0.05) is 12.6 Å². The number of carbonyl (C=O) groups is 2. The van der Waals surface area contributed by atoms with Crippen LogP contribution in [0.15, 0.2) is 24.3 Å². The molecule has 2 aliphatic rings. The number of anilines is 1. The molecular weight excluding hydrogens is 216 g/mol. The minimum Gasteiger partial charge on any atom is -0.312 e. The van der Waals surface area contributed by atoms with Gasteiger partial charge in [-0.15, -0.1) is 0 Å². The lowest BCUT2D eigenvalue weighted by molar-refractivity contribution is -0.114. The van der Waals surface area contributed by atoms with Gasteiger partial charge in [0.1, 0.15) is 0 Å². The van der Waals surface area contributed by atoms with Gasteiger partial charge in [-0.05, 0) is 31.5 Å². The Kier molecular flexibility index (Phi) is 2.44. The van der Waals surface area contributed by atoms with Crippen LogP contribution in [-0.2, 0) is 4.79 Å². The second-order valence-corrected chi connectivity index (χ2v) is 4.56. The van der Waals surface area contributed by atoms with E-state index >= 15 is 0 Å². The standard InChI is InChI=1S/C13H14N2O2/c16-12-10-5-1-2-6-11(10)15(13(12)17)8-9-4-3-7-14-9/h1-2,5-6,9,14H,3-4,7-8H2. The summed E-state index contributed by atoms with van der Waals surface area (Å²) in [5.41, 5.74) is 1.30. The summed E-state index contributed by atoms with van der Waals surface area (Å²) in [5.74, 6) is -0.765. The van der Waals surface area contributed by atoms with Crippen LogP contribution in [0, 0.1) is 0 Å². The molecule has 1 N–H and O–H groups in total. The van der Waals surface area contributed by atoms with Gasteiger partial charge in [0.2, 0.25) is 0 Å². The smallest absolute Gasteiger partial charge is 0.299 e. The van der Waals surface area contributed by atoms with Gasteiger partial charge in [-0.1, -0.05) is 12.1 Å². The Morgan fingerprint density at radius 3 is 2.88 bits per heavy atom. The maximum absolute atomic E-state index is 11.9. The fourth-order valence-electron chi connectivity index (χ4n) is 2.56. The molecule has 1 fully saturated rings. The number of hydrogen-bond acceptors (Lipinski definition) is 3. The molecule has 0 radical (unpaired) electrons. The Labute approximate surface area is 99.6 Å². The summed E-state index contributed by atoms with van der Waals surface area (Å²) in [6, 6.07) is 7.53. The van der Waals surface area contributed by atoms with Crippen LogP contribution in [0.3, 0.4) is 0 Å². The molecule has 1 saturated heterocycles. The first-order chi connectivity index (χ1) is 8.27. The van der Waals surface area contributed by atoms with Crippen LogP contribution in [0.4, 0.5) is 5.69 Å². The van der Waals surface area contributed by atoms with Crippen molar-refractivity contribution in [2.75, 3.05) is 18.0 Å². The predicted molar refractivity (Wildman–Crippen MR) is 64.2 cm³/mol. The number of para-hydroxylation sites is 1. The van der Waals surface area contributed by atoms with Gasteiger partial charge in [0.25, 0.3) is 11.7 Å². The number of rotatable bonds is 2. The minimum atomic E-state index is -0.389. The van der Waals surface area contributed by atoms with Crippen LogP contribution in [-0.4, -0.2) is 30.8 Å². The summed E-state index contributed by atoms with van der Waals surface area (Å²) < 4.78 is 0. The molecule has 3 rings (SSSR count). The lowest BCUT2D eigenvalue weighted by atomic mass is 10.1. The van der Waals surface area contributed by atoms with E-state index in [2.05, 4.69) is 5.32 Å². The summed E-state index contributed by atoms with van der Waals surface area (Å²) in [6.45, 7) is 1.60. The van der Waals surface area contributed by atoms with Crippen molar-refractivity contribution in [3.63, 3.8) is 0 Å². The molecule has 17 heavy (non-hydrogen) atoms. The number of Topliss-reactive ketones (excluding diaryl/α,β-unsaturated/α-hetero) is 1. The van der Waals surface area contributed by atoms with E-state index in [1.54, 1.807) is 17.0 Å². The molecule has 0 spiro atoms. The highest BCUT2D eigenvalue weighted by molar-refractivity contribution is 6.52. The van der Waals surface area contributed by atoms with Gasteiger partial charge in [-0.3, -0.25) is 9.59 Å². The number of nitrogens with one attached hydrogen (secondary N) is 1. The molecule has 4 nitrogen and oxygen atoms in total. The second-order valence-electron chi connectivity index (χ2n) is 4.56. The fourth-order valence-corrected chi connectivity index (χ4v) is 2.56. The monoisotopic (exact) mass is 230 g/mol. The number of nitrogens with zero attached hydrogens (tertiary/aromatic N) is 1. The number of amides is 1. The fraction of sp³-hybridized carbons (Fsp3) is 0.385. The molecule has 2 heterocycles. The lowest BCUT2D eigenvalue weighted by Crippen LogP contribution is -2.40. The van der Waals surface area contributed by atoms with Crippen LogP contribution in [0.1, 0.15) is 23.2 Å². The second kappa shape index (κ2) is 3.96.